The lowest BCUT2D eigenvalue weighted by Crippen LogP contribution is -2.18. The van der Waals surface area contributed by atoms with Crippen LogP contribution in [0, 0.1) is 0 Å². The minimum atomic E-state index is -3.19. The second kappa shape index (κ2) is 7.02. The van der Waals surface area contributed by atoms with Crippen LogP contribution >= 0.6 is 7.37 Å². The van der Waals surface area contributed by atoms with E-state index in [-0.39, 0.29) is 0 Å². The molecule has 0 unspecified atom stereocenters. The molecule has 0 aromatic heterocycles. The average Bonchev–Trinajstić information content (AvgIpc) is 2.64. The van der Waals surface area contributed by atoms with E-state index >= 15 is 0 Å². The molecule has 3 rings (SSSR count). The maximum Gasteiger partial charge on any atom is 0.306 e. The van der Waals surface area contributed by atoms with Gasteiger partial charge in [0.25, 0.3) is 0 Å². The highest BCUT2D eigenvalue weighted by atomic mass is 31.2. The molecule has 0 heterocycles. The first kappa shape index (κ1) is 15.8. The minimum Gasteiger partial charge on any atom is -0.437 e. The predicted molar refractivity (Wildman–Crippen MR) is 96.5 cm³/mol. The van der Waals surface area contributed by atoms with Gasteiger partial charge in [0.05, 0.1) is 10.6 Å². The lowest BCUT2D eigenvalue weighted by Gasteiger charge is -2.24. The van der Waals surface area contributed by atoms with Gasteiger partial charge >= 0.3 is 7.37 Å². The number of hydrogen-bond acceptors (Lipinski definition) is 2. The number of allylic oxidation sites excluding steroid dienone is 2. The molecule has 1 aliphatic carbocycles. The average molecular weight is 324 g/mol. The Kier molecular flexibility index (Phi) is 4.83. The first-order valence-electron chi connectivity index (χ1n) is 7.99. The van der Waals surface area contributed by atoms with E-state index in [2.05, 4.69) is 12.7 Å². The van der Waals surface area contributed by atoms with E-state index in [0.29, 0.717) is 16.4 Å². The molecule has 23 heavy (non-hydrogen) atoms. The number of rotatable bonds is 5. The Balaban J connectivity index is 1.98. The van der Waals surface area contributed by atoms with Crippen LogP contribution in [0.5, 0.6) is 0 Å². The van der Waals surface area contributed by atoms with Crippen molar-refractivity contribution in [3.63, 3.8) is 0 Å². The van der Waals surface area contributed by atoms with Gasteiger partial charge in [0.15, 0.2) is 0 Å². The molecule has 118 valence electrons. The van der Waals surface area contributed by atoms with Crippen LogP contribution in [0.1, 0.15) is 25.7 Å². The Labute approximate surface area is 138 Å². The Morgan fingerprint density at radius 2 is 1.48 bits per heavy atom. The third kappa shape index (κ3) is 3.48. The summed E-state index contributed by atoms with van der Waals surface area (Å²) in [6.07, 6.45) is 6.48. The Hall–Kier alpha value is -2.05. The molecule has 0 bridgehead atoms. The van der Waals surface area contributed by atoms with Crippen molar-refractivity contribution >= 4 is 18.0 Å². The molecule has 0 amide bonds. The molecule has 2 aromatic carbocycles. The van der Waals surface area contributed by atoms with Gasteiger partial charge in [-0.3, -0.25) is 4.57 Å². The molecule has 1 aliphatic rings. The first-order valence-corrected chi connectivity index (χ1v) is 9.62. The highest BCUT2D eigenvalue weighted by Gasteiger charge is 2.31. The summed E-state index contributed by atoms with van der Waals surface area (Å²) in [6.45, 7) is 4.05. The highest BCUT2D eigenvalue weighted by Crippen LogP contribution is 2.48. The summed E-state index contributed by atoms with van der Waals surface area (Å²) in [4.78, 5) is 0. The zero-order chi connectivity index (χ0) is 16.1. The smallest absolute Gasteiger partial charge is 0.306 e. The maximum absolute atomic E-state index is 13.8. The van der Waals surface area contributed by atoms with Crippen LogP contribution in [0.15, 0.2) is 84.7 Å². The fourth-order valence-electron chi connectivity index (χ4n) is 2.81. The summed E-state index contributed by atoms with van der Waals surface area (Å²) >= 11 is 0. The van der Waals surface area contributed by atoms with Crippen LogP contribution < -0.4 is 10.6 Å². The van der Waals surface area contributed by atoms with Gasteiger partial charge in [0.2, 0.25) is 0 Å². The quantitative estimate of drug-likeness (QED) is 0.575. The number of hydrogen-bond donors (Lipinski definition) is 0. The zero-order valence-electron chi connectivity index (χ0n) is 13.2. The van der Waals surface area contributed by atoms with Gasteiger partial charge in [-0.1, -0.05) is 49.1 Å². The maximum atomic E-state index is 13.8. The zero-order valence-corrected chi connectivity index (χ0v) is 14.0. The summed E-state index contributed by atoms with van der Waals surface area (Å²) in [5, 5.41) is 1.40. The molecule has 0 spiro atoms. The second-order valence-electron chi connectivity index (χ2n) is 5.71. The molecule has 0 fully saturated rings. The Morgan fingerprint density at radius 1 is 0.913 bits per heavy atom. The van der Waals surface area contributed by atoms with Crippen molar-refractivity contribution in [2.24, 2.45) is 0 Å². The van der Waals surface area contributed by atoms with Crippen LogP contribution in [0.25, 0.3) is 0 Å². The third-order valence-corrected chi connectivity index (χ3v) is 6.51. The van der Waals surface area contributed by atoms with Crippen LogP contribution in [0.3, 0.4) is 0 Å². The van der Waals surface area contributed by atoms with Crippen LogP contribution in [0.4, 0.5) is 0 Å². The second-order valence-corrected chi connectivity index (χ2v) is 8.03. The largest absolute Gasteiger partial charge is 0.437 e. The van der Waals surface area contributed by atoms with Crippen molar-refractivity contribution in [2.75, 3.05) is 0 Å². The van der Waals surface area contributed by atoms with E-state index in [1.165, 1.54) is 6.42 Å². The highest BCUT2D eigenvalue weighted by molar-refractivity contribution is 7.74. The molecule has 0 aliphatic heterocycles. The van der Waals surface area contributed by atoms with E-state index in [9.17, 15) is 4.57 Å². The van der Waals surface area contributed by atoms with E-state index < -0.39 is 7.37 Å². The topological polar surface area (TPSA) is 26.3 Å². The molecular weight excluding hydrogens is 303 g/mol. The fraction of sp³-hybridized carbons (Fsp3) is 0.200. The van der Waals surface area contributed by atoms with Gasteiger partial charge in [-0.2, -0.15) is 0 Å². The van der Waals surface area contributed by atoms with Crippen molar-refractivity contribution in [3.05, 3.63) is 84.7 Å². The van der Waals surface area contributed by atoms with Gasteiger partial charge < -0.3 is 4.52 Å². The van der Waals surface area contributed by atoms with Crippen molar-refractivity contribution < 1.29 is 9.09 Å². The van der Waals surface area contributed by atoms with Crippen molar-refractivity contribution in [1.82, 2.24) is 0 Å². The van der Waals surface area contributed by atoms with E-state index in [4.69, 9.17) is 4.52 Å². The van der Waals surface area contributed by atoms with Gasteiger partial charge in [-0.05, 0) is 55.5 Å². The van der Waals surface area contributed by atoms with Gasteiger partial charge in [-0.15, -0.1) is 0 Å². The molecule has 0 N–H and O–H groups in total. The number of benzene rings is 2. The molecule has 2 aromatic rings. The third-order valence-electron chi connectivity index (χ3n) is 4.08. The molecule has 2 nitrogen and oxygen atoms in total. The molecule has 0 atom stereocenters. The summed E-state index contributed by atoms with van der Waals surface area (Å²) in [5.74, 6) is 0.542. The fourth-order valence-corrected chi connectivity index (χ4v) is 4.87. The van der Waals surface area contributed by atoms with Gasteiger partial charge in [0, 0.05) is 0 Å². The lowest BCUT2D eigenvalue weighted by atomic mass is 9.99. The summed E-state index contributed by atoms with van der Waals surface area (Å²) in [7, 11) is -3.19. The molecule has 3 heteroatoms. The predicted octanol–water partition coefficient (Wildman–Crippen LogP) is 4.95. The SMILES string of the molecule is C=C(OP(=O)(c1ccccc1)c1ccccc1)C1=CCCCC1. The normalized spacial score (nSPS) is 14.9. The van der Waals surface area contributed by atoms with E-state index in [1.54, 1.807) is 0 Å². The van der Waals surface area contributed by atoms with Crippen LogP contribution in [-0.4, -0.2) is 0 Å². The van der Waals surface area contributed by atoms with Crippen molar-refractivity contribution in [3.8, 4) is 0 Å². The Bertz CT molecular complexity index is 704. The summed E-state index contributed by atoms with van der Waals surface area (Å²) in [5.41, 5.74) is 1.09. The molecule has 0 saturated heterocycles. The van der Waals surface area contributed by atoms with Gasteiger partial charge in [0.1, 0.15) is 5.76 Å². The lowest BCUT2D eigenvalue weighted by molar-refractivity contribution is 0.424. The summed E-state index contributed by atoms with van der Waals surface area (Å²) < 4.78 is 19.8. The summed E-state index contributed by atoms with van der Waals surface area (Å²) in [6, 6.07) is 18.8. The van der Waals surface area contributed by atoms with E-state index in [0.717, 1.165) is 24.8 Å². The van der Waals surface area contributed by atoms with Crippen LogP contribution in [-0.2, 0) is 9.09 Å². The molecule has 0 saturated carbocycles. The molecular formula is C20H21O2P. The van der Waals surface area contributed by atoms with Crippen molar-refractivity contribution in [1.29, 1.82) is 0 Å². The first-order chi connectivity index (χ1) is 11.2. The van der Waals surface area contributed by atoms with Crippen LogP contribution in [0.2, 0.25) is 0 Å². The standard InChI is InChI=1S/C20H21O2P/c1-17(18-11-5-2-6-12-18)22-23(21,19-13-7-3-8-14-19)20-15-9-4-10-16-20/h3-4,7-11,13-16H,1-2,5-6,12H2. The van der Waals surface area contributed by atoms with Crippen molar-refractivity contribution in [2.45, 2.75) is 25.7 Å². The van der Waals surface area contributed by atoms with Gasteiger partial charge in [-0.25, -0.2) is 0 Å². The van der Waals surface area contributed by atoms with E-state index in [1.807, 2.05) is 60.7 Å². The molecule has 0 radical (unpaired) electrons. The Morgan fingerprint density at radius 3 is 1.96 bits per heavy atom. The minimum absolute atomic E-state index is 0.542. The monoisotopic (exact) mass is 324 g/mol.